The third-order valence-electron chi connectivity index (χ3n) is 5.03. The zero-order valence-electron chi connectivity index (χ0n) is 15.5. The highest BCUT2D eigenvalue weighted by molar-refractivity contribution is 5.95. The van der Waals surface area contributed by atoms with E-state index in [-0.39, 0.29) is 17.9 Å². The minimum atomic E-state index is -0.0635. The first kappa shape index (κ1) is 18.0. The number of aromatic amines is 1. The Balaban J connectivity index is 1.33. The number of carbonyl (C=O) groups is 2. The van der Waals surface area contributed by atoms with Gasteiger partial charge in [0, 0.05) is 30.3 Å². The van der Waals surface area contributed by atoms with Crippen molar-refractivity contribution in [2.24, 2.45) is 0 Å². The highest BCUT2D eigenvalue weighted by Gasteiger charge is 2.26. The first-order valence-electron chi connectivity index (χ1n) is 9.47. The second kappa shape index (κ2) is 8.08. The van der Waals surface area contributed by atoms with Gasteiger partial charge in [-0.1, -0.05) is 48.5 Å². The molecular weight excluding hydrogens is 352 g/mol. The number of H-pyrrole nitrogens is 1. The Morgan fingerprint density at radius 3 is 2.29 bits per heavy atom. The monoisotopic (exact) mass is 374 g/mol. The number of piperidine rings is 1. The number of nitrogens with one attached hydrogen (secondary N) is 2. The number of rotatable bonds is 4. The molecule has 2 aromatic carbocycles. The lowest BCUT2D eigenvalue weighted by Crippen LogP contribution is -2.46. The summed E-state index contributed by atoms with van der Waals surface area (Å²) in [6.07, 6.45) is 1.48. The van der Waals surface area contributed by atoms with Crippen LogP contribution < -0.4 is 5.32 Å². The molecule has 142 valence electrons. The van der Waals surface area contributed by atoms with Crippen molar-refractivity contribution in [2.45, 2.75) is 18.9 Å². The van der Waals surface area contributed by atoms with Gasteiger partial charge in [0.25, 0.3) is 11.8 Å². The van der Waals surface area contributed by atoms with Gasteiger partial charge in [-0.15, -0.1) is 0 Å². The maximum absolute atomic E-state index is 12.8. The van der Waals surface area contributed by atoms with E-state index in [9.17, 15) is 9.59 Å². The number of aromatic nitrogens is 2. The van der Waals surface area contributed by atoms with E-state index in [0.717, 1.165) is 24.1 Å². The standard InChI is InChI=1S/C22H22N4O2/c27-21(17-9-5-2-6-10-17)23-18-11-13-26(14-12-18)22(28)20-15-19(24-25-20)16-7-3-1-4-8-16/h1-10,15,18H,11-14H2,(H,23,27)(H,24,25). The van der Waals surface area contributed by atoms with Crippen LogP contribution in [0, 0.1) is 0 Å². The molecule has 3 aromatic rings. The number of carbonyl (C=O) groups excluding carboxylic acids is 2. The first-order valence-corrected chi connectivity index (χ1v) is 9.47. The first-order chi connectivity index (χ1) is 13.7. The molecule has 1 fully saturated rings. The van der Waals surface area contributed by atoms with Gasteiger partial charge in [0.2, 0.25) is 0 Å². The highest BCUT2D eigenvalue weighted by atomic mass is 16.2. The van der Waals surface area contributed by atoms with Gasteiger partial charge in [0.05, 0.1) is 5.69 Å². The van der Waals surface area contributed by atoms with Gasteiger partial charge in [-0.05, 0) is 31.0 Å². The lowest BCUT2D eigenvalue weighted by atomic mass is 10.0. The normalized spacial score (nSPS) is 14.6. The highest BCUT2D eigenvalue weighted by Crippen LogP contribution is 2.19. The molecule has 6 nitrogen and oxygen atoms in total. The molecule has 0 bridgehead atoms. The number of benzene rings is 2. The Bertz CT molecular complexity index is 945. The second-order valence-electron chi connectivity index (χ2n) is 6.94. The summed E-state index contributed by atoms with van der Waals surface area (Å²) < 4.78 is 0. The van der Waals surface area contributed by atoms with Gasteiger partial charge in [0.1, 0.15) is 5.69 Å². The molecule has 2 amide bonds. The van der Waals surface area contributed by atoms with E-state index in [0.29, 0.717) is 24.3 Å². The SMILES string of the molecule is O=C(NC1CCN(C(=O)c2cc(-c3ccccc3)n[nH]2)CC1)c1ccccc1. The van der Waals surface area contributed by atoms with Crippen LogP contribution in [0.4, 0.5) is 0 Å². The molecule has 0 aliphatic carbocycles. The third kappa shape index (κ3) is 3.96. The Morgan fingerprint density at radius 2 is 1.61 bits per heavy atom. The average Bonchev–Trinajstić information content (AvgIpc) is 3.25. The molecule has 4 rings (SSSR count). The van der Waals surface area contributed by atoms with E-state index in [2.05, 4.69) is 15.5 Å². The van der Waals surface area contributed by atoms with Gasteiger partial charge in [-0.25, -0.2) is 0 Å². The molecular formula is C22H22N4O2. The lowest BCUT2D eigenvalue weighted by Gasteiger charge is -2.32. The Labute approximate surface area is 163 Å². The Kier molecular flexibility index (Phi) is 5.19. The average molecular weight is 374 g/mol. The fraction of sp³-hybridized carbons (Fsp3) is 0.227. The Hall–Kier alpha value is -3.41. The van der Waals surface area contributed by atoms with Crippen LogP contribution in [0.5, 0.6) is 0 Å². The Morgan fingerprint density at radius 1 is 0.964 bits per heavy atom. The van der Waals surface area contributed by atoms with Crippen LogP contribution in [0.3, 0.4) is 0 Å². The summed E-state index contributed by atoms with van der Waals surface area (Å²) >= 11 is 0. The fourth-order valence-corrected chi connectivity index (χ4v) is 3.44. The lowest BCUT2D eigenvalue weighted by molar-refractivity contribution is 0.0692. The molecule has 2 N–H and O–H groups in total. The zero-order chi connectivity index (χ0) is 19.3. The number of hydrogen-bond donors (Lipinski definition) is 2. The minimum absolute atomic E-state index is 0.0532. The smallest absolute Gasteiger partial charge is 0.271 e. The van der Waals surface area contributed by atoms with Gasteiger partial charge in [-0.2, -0.15) is 5.10 Å². The number of amides is 2. The summed E-state index contributed by atoms with van der Waals surface area (Å²) in [4.78, 5) is 26.9. The summed E-state index contributed by atoms with van der Waals surface area (Å²) in [5.74, 6) is -0.117. The predicted molar refractivity (Wildman–Crippen MR) is 107 cm³/mol. The summed E-state index contributed by atoms with van der Waals surface area (Å²) in [7, 11) is 0. The topological polar surface area (TPSA) is 78.1 Å². The summed E-state index contributed by atoms with van der Waals surface area (Å²) in [6, 6.07) is 20.8. The molecule has 0 atom stereocenters. The second-order valence-corrected chi connectivity index (χ2v) is 6.94. The zero-order valence-corrected chi connectivity index (χ0v) is 15.5. The molecule has 0 spiro atoms. The molecule has 1 saturated heterocycles. The molecule has 6 heteroatoms. The largest absolute Gasteiger partial charge is 0.349 e. The van der Waals surface area contributed by atoms with Crippen molar-refractivity contribution in [2.75, 3.05) is 13.1 Å². The maximum Gasteiger partial charge on any atom is 0.271 e. The number of likely N-dealkylation sites (tertiary alicyclic amines) is 1. The van der Waals surface area contributed by atoms with Crippen molar-refractivity contribution >= 4 is 11.8 Å². The van der Waals surface area contributed by atoms with Crippen LogP contribution in [-0.2, 0) is 0 Å². The quantitative estimate of drug-likeness (QED) is 0.737. The van der Waals surface area contributed by atoms with E-state index >= 15 is 0 Å². The van der Waals surface area contributed by atoms with E-state index in [1.54, 1.807) is 18.2 Å². The van der Waals surface area contributed by atoms with Gasteiger partial charge < -0.3 is 10.2 Å². The minimum Gasteiger partial charge on any atom is -0.349 e. The van der Waals surface area contributed by atoms with Crippen LogP contribution in [0.15, 0.2) is 66.7 Å². The maximum atomic E-state index is 12.8. The number of nitrogens with zero attached hydrogens (tertiary/aromatic N) is 2. The summed E-state index contributed by atoms with van der Waals surface area (Å²) in [6.45, 7) is 1.22. The predicted octanol–water partition coefficient (Wildman–Crippen LogP) is 3.11. The molecule has 2 heterocycles. The van der Waals surface area contributed by atoms with Crippen molar-refractivity contribution in [3.8, 4) is 11.3 Å². The van der Waals surface area contributed by atoms with Gasteiger partial charge in [0.15, 0.2) is 0 Å². The van der Waals surface area contributed by atoms with Crippen LogP contribution in [-0.4, -0.2) is 46.0 Å². The van der Waals surface area contributed by atoms with Crippen molar-refractivity contribution < 1.29 is 9.59 Å². The van der Waals surface area contributed by atoms with Gasteiger partial charge >= 0.3 is 0 Å². The number of hydrogen-bond acceptors (Lipinski definition) is 3. The molecule has 28 heavy (non-hydrogen) atoms. The molecule has 0 saturated carbocycles. The van der Waals surface area contributed by atoms with E-state index in [1.165, 1.54) is 0 Å². The molecule has 1 aliphatic heterocycles. The molecule has 1 aliphatic rings. The van der Waals surface area contributed by atoms with E-state index in [4.69, 9.17) is 0 Å². The molecule has 0 radical (unpaired) electrons. The van der Waals surface area contributed by atoms with Gasteiger partial charge in [-0.3, -0.25) is 14.7 Å². The van der Waals surface area contributed by atoms with Crippen LogP contribution in [0.1, 0.15) is 33.7 Å². The van der Waals surface area contributed by atoms with Crippen molar-refractivity contribution in [3.63, 3.8) is 0 Å². The van der Waals surface area contributed by atoms with E-state index in [1.807, 2.05) is 53.4 Å². The summed E-state index contributed by atoms with van der Waals surface area (Å²) in [5, 5.41) is 10.2. The van der Waals surface area contributed by atoms with Crippen LogP contribution >= 0.6 is 0 Å². The van der Waals surface area contributed by atoms with E-state index < -0.39 is 0 Å². The van der Waals surface area contributed by atoms with Crippen LogP contribution in [0.25, 0.3) is 11.3 Å². The molecule has 0 unspecified atom stereocenters. The fourth-order valence-electron chi connectivity index (χ4n) is 3.44. The van der Waals surface area contributed by atoms with Crippen LogP contribution in [0.2, 0.25) is 0 Å². The van der Waals surface area contributed by atoms with Crippen molar-refractivity contribution in [1.82, 2.24) is 20.4 Å². The third-order valence-corrected chi connectivity index (χ3v) is 5.03. The van der Waals surface area contributed by atoms with Crippen molar-refractivity contribution in [1.29, 1.82) is 0 Å². The molecule has 1 aromatic heterocycles. The summed E-state index contributed by atoms with van der Waals surface area (Å²) in [5.41, 5.74) is 2.88. The van der Waals surface area contributed by atoms with Crippen molar-refractivity contribution in [3.05, 3.63) is 78.0 Å².